The first-order valence-corrected chi connectivity index (χ1v) is 13.2. The first kappa shape index (κ1) is 24.0. The fourth-order valence-electron chi connectivity index (χ4n) is 4.01. The van der Waals surface area contributed by atoms with E-state index in [4.69, 9.17) is 4.74 Å². The van der Waals surface area contributed by atoms with Crippen molar-refractivity contribution >= 4 is 15.9 Å². The van der Waals surface area contributed by atoms with E-state index in [1.54, 1.807) is 34.6 Å². The molecule has 6 nitrogen and oxygen atoms in total. The number of sulfonamides is 1. The highest BCUT2D eigenvalue weighted by atomic mass is 32.2. The molecule has 1 N–H and O–H groups in total. The highest BCUT2D eigenvalue weighted by Gasteiger charge is 2.24. The summed E-state index contributed by atoms with van der Waals surface area (Å²) in [7, 11) is -3.45. The van der Waals surface area contributed by atoms with Gasteiger partial charge >= 0.3 is 0 Å². The molecule has 0 bridgehead atoms. The van der Waals surface area contributed by atoms with Crippen LogP contribution in [0.3, 0.4) is 0 Å². The topological polar surface area (TPSA) is 75.7 Å². The van der Waals surface area contributed by atoms with Crippen LogP contribution in [0.2, 0.25) is 0 Å². The highest BCUT2D eigenvalue weighted by Crippen LogP contribution is 2.22. The fraction of sp³-hybridized carbons (Fsp3) is 0.296. The van der Waals surface area contributed by atoms with Crippen LogP contribution >= 0.6 is 0 Å². The van der Waals surface area contributed by atoms with E-state index < -0.39 is 10.0 Å². The number of amides is 1. The first-order valence-electron chi connectivity index (χ1n) is 11.7. The molecule has 0 saturated carbocycles. The van der Waals surface area contributed by atoms with Crippen molar-refractivity contribution in [2.75, 3.05) is 19.6 Å². The molecule has 0 atom stereocenters. The smallest absolute Gasteiger partial charge is 0.251 e. The normalized spacial score (nSPS) is 14.8. The second-order valence-electron chi connectivity index (χ2n) is 8.41. The number of benzene rings is 3. The van der Waals surface area contributed by atoms with Gasteiger partial charge in [0.05, 0.1) is 4.90 Å². The maximum absolute atomic E-state index is 12.9. The predicted octanol–water partition coefficient (Wildman–Crippen LogP) is 5.02. The number of rotatable bonds is 8. The molecular weight excluding hydrogens is 448 g/mol. The zero-order valence-corrected chi connectivity index (χ0v) is 20.0. The van der Waals surface area contributed by atoms with Crippen molar-refractivity contribution < 1.29 is 17.9 Å². The van der Waals surface area contributed by atoms with Gasteiger partial charge in [-0.25, -0.2) is 8.42 Å². The van der Waals surface area contributed by atoms with Crippen LogP contribution in [0.25, 0.3) is 0 Å². The summed E-state index contributed by atoms with van der Waals surface area (Å²) in [5, 5.41) is 2.92. The molecule has 0 aromatic heterocycles. The summed E-state index contributed by atoms with van der Waals surface area (Å²) in [5.41, 5.74) is 1.49. The van der Waals surface area contributed by atoms with Crippen molar-refractivity contribution in [3.05, 3.63) is 90.0 Å². The Balaban J connectivity index is 1.30. The van der Waals surface area contributed by atoms with E-state index in [1.165, 1.54) is 0 Å². The van der Waals surface area contributed by atoms with E-state index in [0.717, 1.165) is 31.2 Å². The summed E-state index contributed by atoms with van der Waals surface area (Å²) >= 11 is 0. The Hall–Kier alpha value is -3.16. The van der Waals surface area contributed by atoms with Crippen LogP contribution < -0.4 is 10.1 Å². The molecule has 4 rings (SSSR count). The Morgan fingerprint density at radius 3 is 2.21 bits per heavy atom. The molecule has 178 valence electrons. The van der Waals surface area contributed by atoms with E-state index in [-0.39, 0.29) is 5.91 Å². The number of nitrogens with zero attached hydrogens (tertiary/aromatic N) is 1. The monoisotopic (exact) mass is 478 g/mol. The van der Waals surface area contributed by atoms with E-state index in [0.29, 0.717) is 48.0 Å². The SMILES string of the molecule is O=C(NCCc1ccc(S(=O)(=O)N2CCCCCC2)cc1)c1cccc(Oc2ccccc2)c1. The molecule has 0 radical (unpaired) electrons. The van der Waals surface area contributed by atoms with Gasteiger partial charge in [0.25, 0.3) is 5.91 Å². The van der Waals surface area contributed by atoms with Crippen molar-refractivity contribution in [3.63, 3.8) is 0 Å². The summed E-state index contributed by atoms with van der Waals surface area (Å²) in [6.45, 7) is 1.63. The zero-order valence-electron chi connectivity index (χ0n) is 19.2. The van der Waals surface area contributed by atoms with Crippen LogP contribution in [0, 0.1) is 0 Å². The molecule has 0 unspecified atom stereocenters. The Bertz CT molecular complexity index is 1190. The average Bonchev–Trinajstić information content (AvgIpc) is 3.16. The summed E-state index contributed by atoms with van der Waals surface area (Å²) in [6, 6.07) is 23.5. The average molecular weight is 479 g/mol. The predicted molar refractivity (Wildman–Crippen MR) is 133 cm³/mol. The van der Waals surface area contributed by atoms with Crippen LogP contribution in [0.5, 0.6) is 11.5 Å². The van der Waals surface area contributed by atoms with Gasteiger partial charge in [-0.1, -0.05) is 49.2 Å². The largest absolute Gasteiger partial charge is 0.457 e. The Labute approximate surface area is 201 Å². The van der Waals surface area contributed by atoms with Gasteiger partial charge in [-0.15, -0.1) is 0 Å². The lowest BCUT2D eigenvalue weighted by atomic mass is 10.1. The summed E-state index contributed by atoms with van der Waals surface area (Å²) in [4.78, 5) is 12.9. The highest BCUT2D eigenvalue weighted by molar-refractivity contribution is 7.89. The number of carbonyl (C=O) groups excluding carboxylic acids is 1. The van der Waals surface area contributed by atoms with Gasteiger partial charge in [0.2, 0.25) is 10.0 Å². The number of para-hydroxylation sites is 1. The third kappa shape index (κ3) is 6.24. The minimum Gasteiger partial charge on any atom is -0.457 e. The lowest BCUT2D eigenvalue weighted by Gasteiger charge is -2.20. The fourth-order valence-corrected chi connectivity index (χ4v) is 5.52. The molecule has 3 aromatic rings. The molecule has 3 aromatic carbocycles. The van der Waals surface area contributed by atoms with Gasteiger partial charge < -0.3 is 10.1 Å². The van der Waals surface area contributed by atoms with E-state index in [9.17, 15) is 13.2 Å². The lowest BCUT2D eigenvalue weighted by molar-refractivity contribution is 0.0954. The molecule has 7 heteroatoms. The van der Waals surface area contributed by atoms with Gasteiger partial charge in [0.1, 0.15) is 11.5 Å². The molecular formula is C27H30N2O4S. The first-order chi connectivity index (χ1) is 16.5. The second kappa shape index (κ2) is 11.3. The molecule has 34 heavy (non-hydrogen) atoms. The Kier molecular flexibility index (Phi) is 7.98. The maximum atomic E-state index is 12.9. The summed E-state index contributed by atoms with van der Waals surface area (Å²) in [6.07, 6.45) is 4.61. The minimum atomic E-state index is -3.45. The van der Waals surface area contributed by atoms with Crippen LogP contribution in [-0.4, -0.2) is 38.3 Å². The lowest BCUT2D eigenvalue weighted by Crippen LogP contribution is -2.31. The molecule has 1 aliphatic rings. The molecule has 1 amide bonds. The van der Waals surface area contributed by atoms with Crippen LogP contribution in [0.1, 0.15) is 41.6 Å². The standard InChI is InChI=1S/C27H30N2O4S/c30-27(23-9-8-12-25(21-23)33-24-10-4-3-5-11-24)28-18-17-22-13-15-26(16-14-22)34(31,32)29-19-6-1-2-7-20-29/h3-5,8-16,21H,1-2,6-7,17-20H2,(H,28,30). The number of carbonyl (C=O) groups is 1. The molecule has 0 spiro atoms. The summed E-state index contributed by atoms with van der Waals surface area (Å²) in [5.74, 6) is 1.13. The molecule has 1 fully saturated rings. The molecule has 0 aliphatic carbocycles. The van der Waals surface area contributed by atoms with Gasteiger partial charge in [-0.3, -0.25) is 4.79 Å². The van der Waals surface area contributed by atoms with Crippen molar-refractivity contribution in [1.82, 2.24) is 9.62 Å². The van der Waals surface area contributed by atoms with Crippen molar-refractivity contribution in [2.24, 2.45) is 0 Å². The van der Waals surface area contributed by atoms with E-state index in [2.05, 4.69) is 5.32 Å². The van der Waals surface area contributed by atoms with Gasteiger partial charge in [-0.05, 0) is 67.3 Å². The van der Waals surface area contributed by atoms with Crippen LogP contribution in [0.4, 0.5) is 0 Å². The molecule has 1 saturated heterocycles. The van der Waals surface area contributed by atoms with Crippen LogP contribution in [-0.2, 0) is 16.4 Å². The summed E-state index contributed by atoms with van der Waals surface area (Å²) < 4.78 is 33.2. The zero-order chi connectivity index (χ0) is 23.8. The van der Waals surface area contributed by atoms with Gasteiger partial charge in [0.15, 0.2) is 0 Å². The Morgan fingerprint density at radius 1 is 0.824 bits per heavy atom. The molecule has 1 aliphatic heterocycles. The van der Waals surface area contributed by atoms with Crippen molar-refractivity contribution in [2.45, 2.75) is 37.0 Å². The second-order valence-corrected chi connectivity index (χ2v) is 10.3. The van der Waals surface area contributed by atoms with Crippen molar-refractivity contribution in [1.29, 1.82) is 0 Å². The molecule has 1 heterocycles. The third-order valence-electron chi connectivity index (χ3n) is 5.90. The minimum absolute atomic E-state index is 0.182. The Morgan fingerprint density at radius 2 is 1.50 bits per heavy atom. The third-order valence-corrected chi connectivity index (χ3v) is 7.81. The van der Waals surface area contributed by atoms with Gasteiger partial charge in [0, 0.05) is 25.2 Å². The van der Waals surface area contributed by atoms with Gasteiger partial charge in [-0.2, -0.15) is 4.31 Å². The van der Waals surface area contributed by atoms with E-state index >= 15 is 0 Å². The maximum Gasteiger partial charge on any atom is 0.251 e. The number of hydrogen-bond acceptors (Lipinski definition) is 4. The number of hydrogen-bond donors (Lipinski definition) is 1. The van der Waals surface area contributed by atoms with Crippen molar-refractivity contribution in [3.8, 4) is 11.5 Å². The number of nitrogens with one attached hydrogen (secondary N) is 1. The quantitative estimate of drug-likeness (QED) is 0.493. The number of ether oxygens (including phenoxy) is 1. The van der Waals surface area contributed by atoms with E-state index in [1.807, 2.05) is 48.5 Å². The van der Waals surface area contributed by atoms with Crippen LogP contribution in [0.15, 0.2) is 83.8 Å².